The fourth-order valence-corrected chi connectivity index (χ4v) is 5.51. The maximum atomic E-state index is 13.8. The van der Waals surface area contributed by atoms with Crippen molar-refractivity contribution >= 4 is 46.2 Å². The van der Waals surface area contributed by atoms with E-state index < -0.39 is 6.04 Å². The van der Waals surface area contributed by atoms with E-state index in [1.807, 2.05) is 43.3 Å². The van der Waals surface area contributed by atoms with Gasteiger partial charge in [-0.3, -0.25) is 24.1 Å². The largest absolute Gasteiger partial charge is 0.403 e. The number of carbonyl (C=O) groups is 1. The number of para-hydroxylation sites is 1. The molecule has 2 aromatic carbocycles. The highest BCUT2D eigenvalue weighted by Gasteiger charge is 2.24. The van der Waals surface area contributed by atoms with Gasteiger partial charge in [-0.1, -0.05) is 54.7 Å². The van der Waals surface area contributed by atoms with Gasteiger partial charge in [-0.25, -0.2) is 15.8 Å². The monoisotopic (exact) mass is 657 g/mol. The lowest BCUT2D eigenvalue weighted by Crippen LogP contribution is -2.33. The first-order chi connectivity index (χ1) is 22.1. The Bertz CT molecular complexity index is 1890. The maximum Gasteiger partial charge on any atom is 0.254 e. The van der Waals surface area contributed by atoms with Crippen LogP contribution in [0.15, 0.2) is 112 Å². The van der Waals surface area contributed by atoms with Crippen LogP contribution in [0.1, 0.15) is 43.5 Å². The van der Waals surface area contributed by atoms with Crippen LogP contribution in [-0.4, -0.2) is 26.2 Å². The fraction of sp³-hybridized carbons (Fsp3) is 0.182. The number of aliphatic imine (C=N–C) groups is 1. The summed E-state index contributed by atoms with van der Waals surface area (Å²) in [6.07, 6.45) is 7.55. The summed E-state index contributed by atoms with van der Waals surface area (Å²) in [4.78, 5) is 41.1. The molecule has 236 valence electrons. The van der Waals surface area contributed by atoms with E-state index in [4.69, 9.17) is 45.5 Å². The number of halogens is 2. The molecule has 1 aliphatic rings. The van der Waals surface area contributed by atoms with Crippen LogP contribution in [0.5, 0.6) is 0 Å². The summed E-state index contributed by atoms with van der Waals surface area (Å²) in [6.45, 7) is 1.86. The Morgan fingerprint density at radius 3 is 2.59 bits per heavy atom. The minimum absolute atomic E-state index is 0.0261. The van der Waals surface area contributed by atoms with Crippen LogP contribution in [-0.2, 0) is 4.79 Å². The number of benzene rings is 2. The lowest BCUT2D eigenvalue weighted by molar-refractivity contribution is -0.123. The van der Waals surface area contributed by atoms with Gasteiger partial charge in [-0.05, 0) is 55.3 Å². The van der Waals surface area contributed by atoms with E-state index in [1.54, 1.807) is 35.0 Å². The van der Waals surface area contributed by atoms with Crippen LogP contribution in [0.4, 0.5) is 11.4 Å². The number of amides is 1. The van der Waals surface area contributed by atoms with Crippen LogP contribution in [0.3, 0.4) is 0 Å². The van der Waals surface area contributed by atoms with Crippen molar-refractivity contribution < 1.29 is 4.79 Å². The molecule has 0 fully saturated rings. The molecule has 5 rings (SSSR count). The molecule has 0 saturated heterocycles. The number of aromatic nitrogens is 3. The topological polar surface area (TPSA) is 171 Å². The minimum atomic E-state index is -0.490. The third-order valence-electron chi connectivity index (χ3n) is 7.58. The quantitative estimate of drug-likeness (QED) is 0.131. The molecule has 1 aliphatic heterocycles. The average Bonchev–Trinajstić information content (AvgIpc) is 3.04. The average molecular weight is 659 g/mol. The molecule has 7 N–H and O–H groups in total. The van der Waals surface area contributed by atoms with Crippen molar-refractivity contribution in [2.45, 2.75) is 32.2 Å². The Labute approximate surface area is 276 Å². The van der Waals surface area contributed by atoms with Gasteiger partial charge in [0.15, 0.2) is 0 Å². The Morgan fingerprint density at radius 2 is 1.87 bits per heavy atom. The number of hydrogen-bond acceptors (Lipinski definition) is 9. The molecule has 4 aromatic rings. The van der Waals surface area contributed by atoms with E-state index in [-0.39, 0.29) is 22.5 Å². The number of hydrazine groups is 1. The van der Waals surface area contributed by atoms with E-state index >= 15 is 0 Å². The summed E-state index contributed by atoms with van der Waals surface area (Å²) < 4.78 is 1.54. The number of nitrogens with zero attached hydrogens (tertiary/aromatic N) is 5. The van der Waals surface area contributed by atoms with Crippen LogP contribution in [0, 0.1) is 5.92 Å². The Balaban J connectivity index is 1.62. The van der Waals surface area contributed by atoms with Gasteiger partial charge in [0.2, 0.25) is 5.91 Å². The molecule has 2 aromatic heterocycles. The minimum Gasteiger partial charge on any atom is -0.403 e. The zero-order chi connectivity index (χ0) is 32.8. The molecule has 2 atom stereocenters. The van der Waals surface area contributed by atoms with Crippen molar-refractivity contribution in [2.75, 3.05) is 5.01 Å². The van der Waals surface area contributed by atoms with Gasteiger partial charge < -0.3 is 16.8 Å². The van der Waals surface area contributed by atoms with E-state index in [9.17, 15) is 9.59 Å². The van der Waals surface area contributed by atoms with Gasteiger partial charge in [0.25, 0.3) is 5.56 Å². The first-order valence-electron chi connectivity index (χ1n) is 14.5. The number of nitrogens with one attached hydrogen (secondary N) is 1. The second-order valence-corrected chi connectivity index (χ2v) is 11.7. The number of hydrogen-bond donors (Lipinski definition) is 4. The van der Waals surface area contributed by atoms with Crippen molar-refractivity contribution in [3.8, 4) is 11.3 Å². The second kappa shape index (κ2) is 14.4. The van der Waals surface area contributed by atoms with Crippen molar-refractivity contribution in [3.63, 3.8) is 0 Å². The number of nitrogens with two attached hydrogens (primary N) is 3. The summed E-state index contributed by atoms with van der Waals surface area (Å²) in [5, 5.41) is 4.59. The highest BCUT2D eigenvalue weighted by atomic mass is 35.5. The van der Waals surface area contributed by atoms with Gasteiger partial charge in [0, 0.05) is 40.5 Å². The van der Waals surface area contributed by atoms with Gasteiger partial charge in [0.1, 0.15) is 5.16 Å². The van der Waals surface area contributed by atoms with E-state index in [0.717, 1.165) is 0 Å². The zero-order valence-electron chi connectivity index (χ0n) is 25.0. The first-order valence-corrected chi connectivity index (χ1v) is 15.3. The summed E-state index contributed by atoms with van der Waals surface area (Å²) >= 11 is 12.1. The summed E-state index contributed by atoms with van der Waals surface area (Å²) in [5.74, 6) is 5.67. The molecule has 2 bridgehead atoms. The van der Waals surface area contributed by atoms with Crippen molar-refractivity contribution in [1.82, 2.24) is 19.9 Å². The van der Waals surface area contributed by atoms with Crippen molar-refractivity contribution in [1.29, 1.82) is 0 Å². The normalized spacial score (nSPS) is 19.3. The molecule has 46 heavy (non-hydrogen) atoms. The number of pyridine rings is 1. The van der Waals surface area contributed by atoms with Crippen LogP contribution >= 0.6 is 23.2 Å². The zero-order valence-corrected chi connectivity index (χ0v) is 26.5. The Hall–Kier alpha value is -4.97. The summed E-state index contributed by atoms with van der Waals surface area (Å²) in [5.41, 5.74) is 15.5. The van der Waals surface area contributed by atoms with Crippen molar-refractivity contribution in [3.05, 3.63) is 129 Å². The molecule has 0 saturated carbocycles. The van der Waals surface area contributed by atoms with Gasteiger partial charge >= 0.3 is 0 Å². The lowest BCUT2D eigenvalue weighted by atomic mass is 9.96. The standard InChI is InChI=1S/C33H33Cl2N9O2/c1-20-6-5-9-29(43-19-40-25(16-31(43)45)24-15-22(34)10-11-28(24)44(38)18-30(35)37)26-14-21(12-13-39-26)32(27(17-36)42-33(20)46)41-23-7-3-2-4-8-23/h2-4,7-8,10-20,29H,5-6,9,36-38H2,1H3,(H,42,46)/b27-17?,30-18-,41-32?. The predicted octanol–water partition coefficient (Wildman–Crippen LogP) is 5.08. The summed E-state index contributed by atoms with van der Waals surface area (Å²) in [6, 6.07) is 18.9. The van der Waals surface area contributed by atoms with E-state index in [1.165, 1.54) is 29.8 Å². The Morgan fingerprint density at radius 1 is 1.09 bits per heavy atom. The van der Waals surface area contributed by atoms with Crippen LogP contribution in [0.2, 0.25) is 5.02 Å². The van der Waals surface area contributed by atoms with Gasteiger partial charge in [-0.15, -0.1) is 0 Å². The SMILES string of the molecule is CC1CCCC(n2cnc(-c3cc(Cl)ccc3N(N)/C=C(\N)Cl)cc2=O)c2cc(ccn2)C(=Nc2ccccc2)C(=CN)NC1=O. The van der Waals surface area contributed by atoms with E-state index in [2.05, 4.69) is 15.3 Å². The molecule has 2 unspecified atom stereocenters. The lowest BCUT2D eigenvalue weighted by Gasteiger charge is -2.23. The Kier molecular flexibility index (Phi) is 10.2. The van der Waals surface area contributed by atoms with Crippen molar-refractivity contribution in [2.24, 2.45) is 28.2 Å². The third-order valence-corrected chi connectivity index (χ3v) is 7.91. The molecular weight excluding hydrogens is 625 g/mol. The van der Waals surface area contributed by atoms with E-state index in [0.29, 0.717) is 69.6 Å². The molecule has 11 nitrogen and oxygen atoms in total. The smallest absolute Gasteiger partial charge is 0.254 e. The molecule has 13 heteroatoms. The molecular formula is C33H33Cl2N9O2. The molecule has 3 heterocycles. The number of anilines is 1. The predicted molar refractivity (Wildman–Crippen MR) is 182 cm³/mol. The second-order valence-electron chi connectivity index (χ2n) is 10.8. The number of fused-ring (bicyclic) bond motifs is 2. The number of carbonyl (C=O) groups excluding carboxylic acids is 1. The summed E-state index contributed by atoms with van der Waals surface area (Å²) in [7, 11) is 0. The van der Waals surface area contributed by atoms with Crippen LogP contribution in [0.25, 0.3) is 11.3 Å². The number of allylic oxidation sites excluding steroid dienone is 1. The van der Waals surface area contributed by atoms with Gasteiger partial charge in [-0.2, -0.15) is 0 Å². The van der Waals surface area contributed by atoms with Gasteiger partial charge in [0.05, 0.1) is 52.7 Å². The first kappa shape index (κ1) is 32.4. The molecule has 0 aliphatic carbocycles. The highest BCUT2D eigenvalue weighted by Crippen LogP contribution is 2.32. The molecule has 0 radical (unpaired) electrons. The molecule has 1 amide bonds. The number of rotatable bonds is 5. The highest BCUT2D eigenvalue weighted by molar-refractivity contribution is 6.31. The third kappa shape index (κ3) is 7.45. The maximum absolute atomic E-state index is 13.8. The fourth-order valence-electron chi connectivity index (χ4n) is 5.24. The van der Waals surface area contributed by atoms with Crippen LogP contribution < -0.4 is 33.2 Å². The molecule has 0 spiro atoms.